The first-order chi connectivity index (χ1) is 8.74. The number of piperidine rings is 1. The van der Waals surface area contributed by atoms with Crippen LogP contribution >= 0.6 is 0 Å². The fraction of sp³-hybridized carbons (Fsp3) is 0.571. The van der Waals surface area contributed by atoms with E-state index in [9.17, 15) is 8.78 Å². The normalized spacial score (nSPS) is 17.1. The molecule has 4 heteroatoms. The average molecular weight is 255 g/mol. The van der Waals surface area contributed by atoms with E-state index >= 15 is 0 Å². The Hall–Kier alpha value is -1.16. The summed E-state index contributed by atoms with van der Waals surface area (Å²) in [7, 11) is 0. The zero-order valence-corrected chi connectivity index (χ0v) is 10.4. The zero-order chi connectivity index (χ0) is 12.8. The molecule has 0 atom stereocenters. The average Bonchev–Trinajstić information content (AvgIpc) is 2.39. The molecule has 1 aliphatic heterocycles. The van der Waals surface area contributed by atoms with Gasteiger partial charge in [-0.15, -0.1) is 0 Å². The summed E-state index contributed by atoms with van der Waals surface area (Å²) < 4.78 is 28.9. The van der Waals surface area contributed by atoms with Crippen LogP contribution in [0.4, 0.5) is 8.78 Å². The molecule has 100 valence electrons. The van der Waals surface area contributed by atoms with E-state index in [2.05, 4.69) is 5.32 Å². The highest BCUT2D eigenvalue weighted by molar-refractivity contribution is 5.27. The van der Waals surface area contributed by atoms with Crippen molar-refractivity contribution in [2.45, 2.75) is 25.7 Å². The Kier molecular flexibility index (Phi) is 4.93. The van der Waals surface area contributed by atoms with Gasteiger partial charge in [-0.25, -0.2) is 8.78 Å². The number of nitrogens with one attached hydrogen (secondary N) is 1. The zero-order valence-electron chi connectivity index (χ0n) is 10.4. The molecule has 1 fully saturated rings. The van der Waals surface area contributed by atoms with Gasteiger partial charge in [0.15, 0.2) is 0 Å². The van der Waals surface area contributed by atoms with E-state index in [-0.39, 0.29) is 0 Å². The largest absolute Gasteiger partial charge is 0.488 e. The minimum absolute atomic E-state index is 0.518. The van der Waals surface area contributed by atoms with Gasteiger partial charge >= 0.3 is 0 Å². The molecule has 1 aromatic rings. The van der Waals surface area contributed by atoms with Crippen molar-refractivity contribution >= 4 is 0 Å². The van der Waals surface area contributed by atoms with Gasteiger partial charge in [-0.1, -0.05) is 12.1 Å². The summed E-state index contributed by atoms with van der Waals surface area (Å²) in [6, 6.07) is 7.50. The molecule has 0 aromatic heterocycles. The Labute approximate surface area is 106 Å². The van der Waals surface area contributed by atoms with Crippen LogP contribution in [0.5, 0.6) is 5.75 Å². The van der Waals surface area contributed by atoms with Crippen molar-refractivity contribution in [1.82, 2.24) is 5.32 Å². The topological polar surface area (TPSA) is 21.3 Å². The molecule has 1 saturated heterocycles. The quantitative estimate of drug-likeness (QED) is 0.873. The standard InChI is InChI=1S/C14H19F2NO/c15-14(16)10-18-13-3-1-11(2-4-13)9-12-5-7-17-8-6-12/h1-4,12,14,17H,5-10H2. The highest BCUT2D eigenvalue weighted by atomic mass is 19.3. The van der Waals surface area contributed by atoms with E-state index in [0.29, 0.717) is 5.75 Å². The molecule has 0 spiro atoms. The molecular formula is C14H19F2NO. The highest BCUT2D eigenvalue weighted by Gasteiger charge is 2.13. The maximum Gasteiger partial charge on any atom is 0.272 e. The minimum Gasteiger partial charge on any atom is -0.488 e. The van der Waals surface area contributed by atoms with Gasteiger partial charge in [-0.2, -0.15) is 0 Å². The molecule has 0 aliphatic carbocycles. The third kappa shape index (κ3) is 4.26. The number of halogens is 2. The summed E-state index contributed by atoms with van der Waals surface area (Å²) in [5, 5.41) is 3.35. The molecule has 2 rings (SSSR count). The second kappa shape index (κ2) is 6.69. The SMILES string of the molecule is FC(F)COc1ccc(CC2CCNCC2)cc1. The van der Waals surface area contributed by atoms with Crippen molar-refractivity contribution in [2.75, 3.05) is 19.7 Å². The van der Waals surface area contributed by atoms with E-state index in [0.717, 1.165) is 25.4 Å². The maximum absolute atomic E-state index is 12.0. The van der Waals surface area contributed by atoms with Crippen molar-refractivity contribution in [3.63, 3.8) is 0 Å². The van der Waals surface area contributed by atoms with Gasteiger partial charge in [0.2, 0.25) is 0 Å². The van der Waals surface area contributed by atoms with Crippen LogP contribution in [0, 0.1) is 5.92 Å². The maximum atomic E-state index is 12.0. The minimum atomic E-state index is -2.42. The molecule has 2 nitrogen and oxygen atoms in total. The first-order valence-corrected chi connectivity index (χ1v) is 6.44. The first-order valence-electron chi connectivity index (χ1n) is 6.44. The summed E-state index contributed by atoms with van der Waals surface area (Å²) in [6.45, 7) is 1.66. The van der Waals surface area contributed by atoms with Crippen molar-refractivity contribution < 1.29 is 13.5 Å². The van der Waals surface area contributed by atoms with Gasteiger partial charge in [0.25, 0.3) is 6.43 Å². The van der Waals surface area contributed by atoms with Crippen molar-refractivity contribution in [3.05, 3.63) is 29.8 Å². The first kappa shape index (κ1) is 13.3. The van der Waals surface area contributed by atoms with Gasteiger partial charge in [0.05, 0.1) is 0 Å². The van der Waals surface area contributed by atoms with E-state index in [1.165, 1.54) is 18.4 Å². The van der Waals surface area contributed by atoms with Crippen LogP contribution in [-0.2, 0) is 6.42 Å². The Bertz CT molecular complexity index is 347. The number of ether oxygens (including phenoxy) is 1. The lowest BCUT2D eigenvalue weighted by atomic mass is 9.91. The monoisotopic (exact) mass is 255 g/mol. The van der Waals surface area contributed by atoms with Crippen LogP contribution in [0.3, 0.4) is 0 Å². The Morgan fingerprint density at radius 2 is 1.83 bits per heavy atom. The number of hydrogen-bond donors (Lipinski definition) is 1. The Balaban J connectivity index is 1.83. The summed E-state index contributed by atoms with van der Waals surface area (Å²) >= 11 is 0. The summed E-state index contributed by atoms with van der Waals surface area (Å²) in [5.74, 6) is 1.25. The Morgan fingerprint density at radius 1 is 1.17 bits per heavy atom. The van der Waals surface area contributed by atoms with Crippen LogP contribution in [0.2, 0.25) is 0 Å². The number of rotatable bonds is 5. The van der Waals surface area contributed by atoms with Crippen LogP contribution in [0.1, 0.15) is 18.4 Å². The van der Waals surface area contributed by atoms with Gasteiger partial charge in [-0.05, 0) is 56.0 Å². The van der Waals surface area contributed by atoms with E-state index in [4.69, 9.17) is 4.74 Å². The van der Waals surface area contributed by atoms with Gasteiger partial charge < -0.3 is 10.1 Å². The third-order valence-corrected chi connectivity index (χ3v) is 3.28. The molecule has 1 aliphatic rings. The smallest absolute Gasteiger partial charge is 0.272 e. The summed E-state index contributed by atoms with van der Waals surface area (Å²) in [4.78, 5) is 0. The fourth-order valence-corrected chi connectivity index (χ4v) is 2.30. The lowest BCUT2D eigenvalue weighted by Crippen LogP contribution is -2.28. The van der Waals surface area contributed by atoms with Crippen LogP contribution in [0.15, 0.2) is 24.3 Å². The number of hydrogen-bond acceptors (Lipinski definition) is 2. The van der Waals surface area contributed by atoms with Crippen molar-refractivity contribution in [3.8, 4) is 5.75 Å². The highest BCUT2D eigenvalue weighted by Crippen LogP contribution is 2.20. The Morgan fingerprint density at radius 3 is 2.44 bits per heavy atom. The van der Waals surface area contributed by atoms with Crippen molar-refractivity contribution in [1.29, 1.82) is 0 Å². The van der Waals surface area contributed by atoms with Gasteiger partial charge in [0.1, 0.15) is 12.4 Å². The second-order valence-corrected chi connectivity index (χ2v) is 4.74. The molecule has 0 amide bonds. The van der Waals surface area contributed by atoms with Crippen LogP contribution < -0.4 is 10.1 Å². The molecule has 0 unspecified atom stereocenters. The van der Waals surface area contributed by atoms with Crippen LogP contribution in [-0.4, -0.2) is 26.1 Å². The fourth-order valence-electron chi connectivity index (χ4n) is 2.30. The van der Waals surface area contributed by atoms with E-state index in [1.54, 1.807) is 12.1 Å². The molecule has 0 radical (unpaired) electrons. The van der Waals surface area contributed by atoms with E-state index < -0.39 is 13.0 Å². The van der Waals surface area contributed by atoms with Gasteiger partial charge in [0, 0.05) is 0 Å². The molecule has 0 saturated carbocycles. The van der Waals surface area contributed by atoms with Crippen molar-refractivity contribution in [2.24, 2.45) is 5.92 Å². The predicted octanol–water partition coefficient (Wildman–Crippen LogP) is 2.87. The third-order valence-electron chi connectivity index (χ3n) is 3.28. The lowest BCUT2D eigenvalue weighted by molar-refractivity contribution is 0.0819. The van der Waals surface area contributed by atoms with Gasteiger partial charge in [-0.3, -0.25) is 0 Å². The molecule has 0 bridgehead atoms. The number of alkyl halides is 2. The van der Waals surface area contributed by atoms with Crippen LogP contribution in [0.25, 0.3) is 0 Å². The molecular weight excluding hydrogens is 236 g/mol. The predicted molar refractivity (Wildman–Crippen MR) is 67.2 cm³/mol. The molecule has 1 N–H and O–H groups in total. The molecule has 18 heavy (non-hydrogen) atoms. The molecule has 1 heterocycles. The van der Waals surface area contributed by atoms with E-state index in [1.807, 2.05) is 12.1 Å². The molecule has 1 aromatic carbocycles. The lowest BCUT2D eigenvalue weighted by Gasteiger charge is -2.22. The second-order valence-electron chi connectivity index (χ2n) is 4.74. The summed E-state index contributed by atoms with van der Waals surface area (Å²) in [6.07, 6.45) is 1.07. The summed E-state index contributed by atoms with van der Waals surface area (Å²) in [5.41, 5.74) is 1.26. The number of benzene rings is 1.